The second-order valence-electron chi connectivity index (χ2n) is 6.88. The molecule has 0 saturated carbocycles. The molecule has 3 heterocycles. The maximum atomic E-state index is 14.2. The molecule has 1 aliphatic rings. The topological polar surface area (TPSA) is 53.4 Å². The third kappa shape index (κ3) is 4.55. The van der Waals surface area contributed by atoms with Crippen molar-refractivity contribution >= 4 is 17.3 Å². The van der Waals surface area contributed by atoms with Crippen LogP contribution in [-0.2, 0) is 6.18 Å². The minimum absolute atomic E-state index is 0.0395. The van der Waals surface area contributed by atoms with E-state index in [-0.39, 0.29) is 11.9 Å². The molecule has 0 fully saturated rings. The van der Waals surface area contributed by atoms with Crippen molar-refractivity contribution in [3.63, 3.8) is 0 Å². The van der Waals surface area contributed by atoms with Crippen molar-refractivity contribution in [1.29, 1.82) is 0 Å². The Morgan fingerprint density at radius 1 is 1.24 bits per heavy atom. The molecule has 1 atom stereocenters. The lowest BCUT2D eigenvalue weighted by molar-refractivity contribution is -0.141. The number of aliphatic imine (C=N–C) groups is 1. The van der Waals surface area contributed by atoms with Gasteiger partial charge in [-0.2, -0.15) is 13.2 Å². The predicted molar refractivity (Wildman–Crippen MR) is 105 cm³/mol. The van der Waals surface area contributed by atoms with Gasteiger partial charge in [-0.15, -0.1) is 0 Å². The fraction of sp³-hybridized carbons (Fsp3) is 0.350. The summed E-state index contributed by atoms with van der Waals surface area (Å²) in [5, 5.41) is 3.05. The van der Waals surface area contributed by atoms with Gasteiger partial charge in [-0.25, -0.2) is 14.4 Å². The first-order chi connectivity index (χ1) is 13.7. The van der Waals surface area contributed by atoms with Gasteiger partial charge in [0.25, 0.3) is 0 Å². The molecule has 1 N–H and O–H groups in total. The van der Waals surface area contributed by atoms with Crippen LogP contribution in [0, 0.1) is 5.82 Å². The lowest BCUT2D eigenvalue weighted by atomic mass is 9.94. The third-order valence-corrected chi connectivity index (χ3v) is 4.79. The summed E-state index contributed by atoms with van der Waals surface area (Å²) >= 11 is 0. The highest BCUT2D eigenvalue weighted by molar-refractivity contribution is 6.08. The Hall–Kier alpha value is -2.97. The van der Waals surface area contributed by atoms with E-state index < -0.39 is 11.9 Å². The van der Waals surface area contributed by atoms with Gasteiger partial charge < -0.3 is 10.2 Å². The Balaban J connectivity index is 1.81. The van der Waals surface area contributed by atoms with E-state index in [1.165, 1.54) is 12.1 Å². The maximum absolute atomic E-state index is 14.2. The van der Waals surface area contributed by atoms with Gasteiger partial charge >= 0.3 is 6.18 Å². The Labute approximate surface area is 166 Å². The summed E-state index contributed by atoms with van der Waals surface area (Å²) in [5.41, 5.74) is 1.37. The molecule has 9 heteroatoms. The standard InChI is InChI=1S/C20H21F4N5/c1-12-11-29(19-16(21)5-4-8-26-19)13(2)9-15(12)18(25-3)28-14-6-7-17(27-10-14)20(22,23)24/h4-8,10,13H,9,11H2,1-3H3,(H,25,28). The number of anilines is 2. The van der Waals surface area contributed by atoms with Crippen molar-refractivity contribution in [3.8, 4) is 0 Å². The fourth-order valence-corrected chi connectivity index (χ4v) is 3.30. The van der Waals surface area contributed by atoms with E-state index in [0.29, 0.717) is 30.3 Å². The molecule has 5 nitrogen and oxygen atoms in total. The van der Waals surface area contributed by atoms with Crippen LogP contribution in [0.5, 0.6) is 0 Å². The summed E-state index contributed by atoms with van der Waals surface area (Å²) < 4.78 is 52.2. The molecule has 2 aromatic rings. The summed E-state index contributed by atoms with van der Waals surface area (Å²) in [6.45, 7) is 4.36. The average molecular weight is 407 g/mol. The van der Waals surface area contributed by atoms with Gasteiger partial charge in [0.15, 0.2) is 11.6 Å². The first-order valence-corrected chi connectivity index (χ1v) is 9.04. The summed E-state index contributed by atoms with van der Waals surface area (Å²) in [6, 6.07) is 5.13. The van der Waals surface area contributed by atoms with E-state index in [1.54, 1.807) is 19.3 Å². The minimum Gasteiger partial charge on any atom is -0.347 e. The zero-order valence-corrected chi connectivity index (χ0v) is 16.3. The number of amidine groups is 1. The highest BCUT2D eigenvalue weighted by Crippen LogP contribution is 2.30. The van der Waals surface area contributed by atoms with Crippen LogP contribution < -0.4 is 10.2 Å². The third-order valence-electron chi connectivity index (χ3n) is 4.79. The van der Waals surface area contributed by atoms with Crippen LogP contribution in [0.4, 0.5) is 29.1 Å². The first-order valence-electron chi connectivity index (χ1n) is 9.04. The number of nitrogens with one attached hydrogen (secondary N) is 1. The molecule has 0 bridgehead atoms. The molecule has 0 spiro atoms. The number of nitrogens with zero attached hydrogens (tertiary/aromatic N) is 4. The molecule has 0 aliphatic carbocycles. The molecule has 0 radical (unpaired) electrons. The Morgan fingerprint density at radius 2 is 2.00 bits per heavy atom. The summed E-state index contributed by atoms with van der Waals surface area (Å²) in [4.78, 5) is 13.8. The molecular weight excluding hydrogens is 386 g/mol. The number of alkyl halides is 3. The number of pyridine rings is 2. The zero-order chi connectivity index (χ0) is 21.2. The van der Waals surface area contributed by atoms with E-state index in [9.17, 15) is 17.6 Å². The molecule has 29 heavy (non-hydrogen) atoms. The molecule has 0 aromatic carbocycles. The van der Waals surface area contributed by atoms with Crippen molar-refractivity contribution in [1.82, 2.24) is 9.97 Å². The monoisotopic (exact) mass is 407 g/mol. The number of rotatable bonds is 3. The molecule has 0 saturated heterocycles. The Morgan fingerprint density at radius 3 is 2.59 bits per heavy atom. The number of hydrogen-bond acceptors (Lipinski definition) is 4. The quantitative estimate of drug-likeness (QED) is 0.456. The SMILES string of the molecule is CN=C(Nc1ccc(C(F)(F)F)nc1)C1=C(C)CN(c2ncccc2F)C(C)C1. The second kappa shape index (κ2) is 8.18. The van der Waals surface area contributed by atoms with E-state index in [1.807, 2.05) is 18.7 Å². The summed E-state index contributed by atoms with van der Waals surface area (Å²) in [6.07, 6.45) is -1.22. The van der Waals surface area contributed by atoms with Gasteiger partial charge in [0.1, 0.15) is 11.5 Å². The fourth-order valence-electron chi connectivity index (χ4n) is 3.30. The van der Waals surface area contributed by atoms with Crippen LogP contribution >= 0.6 is 0 Å². The van der Waals surface area contributed by atoms with Gasteiger partial charge in [-0.05, 0) is 55.7 Å². The predicted octanol–water partition coefficient (Wildman–Crippen LogP) is 4.69. The number of halogens is 4. The first kappa shape index (κ1) is 20.8. The van der Waals surface area contributed by atoms with Crippen LogP contribution in [0.1, 0.15) is 26.0 Å². The lowest BCUT2D eigenvalue weighted by Crippen LogP contribution is -2.41. The summed E-state index contributed by atoms with van der Waals surface area (Å²) in [5.74, 6) is 0.472. The van der Waals surface area contributed by atoms with Crippen LogP contribution in [-0.4, -0.2) is 35.4 Å². The van der Waals surface area contributed by atoms with E-state index >= 15 is 0 Å². The van der Waals surface area contributed by atoms with Crippen molar-refractivity contribution in [3.05, 3.63) is 59.3 Å². The zero-order valence-electron chi connectivity index (χ0n) is 16.3. The van der Waals surface area contributed by atoms with Crippen LogP contribution in [0.2, 0.25) is 0 Å². The number of aromatic nitrogens is 2. The Bertz CT molecular complexity index is 935. The molecule has 0 amide bonds. The van der Waals surface area contributed by atoms with Crippen LogP contribution in [0.25, 0.3) is 0 Å². The van der Waals surface area contributed by atoms with Gasteiger partial charge in [-0.3, -0.25) is 4.99 Å². The second-order valence-corrected chi connectivity index (χ2v) is 6.88. The molecule has 1 unspecified atom stereocenters. The smallest absolute Gasteiger partial charge is 0.347 e. The van der Waals surface area contributed by atoms with Gasteiger partial charge in [-0.1, -0.05) is 0 Å². The molecule has 3 rings (SSSR count). The highest BCUT2D eigenvalue weighted by atomic mass is 19.4. The van der Waals surface area contributed by atoms with Crippen LogP contribution in [0.3, 0.4) is 0 Å². The average Bonchev–Trinajstić information content (AvgIpc) is 2.68. The Kier molecular flexibility index (Phi) is 5.86. The van der Waals surface area contributed by atoms with Crippen molar-refractivity contribution in [2.75, 3.05) is 23.8 Å². The van der Waals surface area contributed by atoms with E-state index in [2.05, 4.69) is 20.3 Å². The largest absolute Gasteiger partial charge is 0.433 e. The van der Waals surface area contributed by atoms with Crippen LogP contribution in [0.15, 0.2) is 52.8 Å². The molecule has 1 aliphatic heterocycles. The lowest BCUT2D eigenvalue weighted by Gasteiger charge is -2.37. The maximum Gasteiger partial charge on any atom is 0.433 e. The van der Waals surface area contributed by atoms with Crippen molar-refractivity contribution in [2.24, 2.45) is 4.99 Å². The van der Waals surface area contributed by atoms with Gasteiger partial charge in [0.05, 0.1) is 11.9 Å². The minimum atomic E-state index is -4.48. The van der Waals surface area contributed by atoms with Gasteiger partial charge in [0.2, 0.25) is 0 Å². The molecule has 2 aromatic heterocycles. The summed E-state index contributed by atoms with van der Waals surface area (Å²) in [7, 11) is 1.61. The molecule has 154 valence electrons. The van der Waals surface area contributed by atoms with Crippen molar-refractivity contribution in [2.45, 2.75) is 32.5 Å². The van der Waals surface area contributed by atoms with E-state index in [0.717, 1.165) is 23.4 Å². The van der Waals surface area contributed by atoms with E-state index in [4.69, 9.17) is 0 Å². The normalized spacial score (nSPS) is 18.2. The number of hydrogen-bond donors (Lipinski definition) is 1. The highest BCUT2D eigenvalue weighted by Gasteiger charge is 2.32. The van der Waals surface area contributed by atoms with Gasteiger partial charge in [0, 0.05) is 25.8 Å². The van der Waals surface area contributed by atoms with Crippen molar-refractivity contribution < 1.29 is 17.6 Å². The molecular formula is C20H21F4N5.